The van der Waals surface area contributed by atoms with E-state index in [2.05, 4.69) is 21.0 Å². The number of hydrogen-bond acceptors (Lipinski definition) is 2. The Bertz CT molecular complexity index is 768. The van der Waals surface area contributed by atoms with E-state index >= 15 is 0 Å². The first-order valence-corrected chi connectivity index (χ1v) is 6.83. The van der Waals surface area contributed by atoms with Crippen molar-refractivity contribution in [3.05, 3.63) is 56.5 Å². The van der Waals surface area contributed by atoms with E-state index < -0.39 is 0 Å². The summed E-state index contributed by atoms with van der Waals surface area (Å²) in [6, 6.07) is 5.23. The molecule has 1 aromatic carbocycles. The van der Waals surface area contributed by atoms with Crippen LogP contribution in [-0.4, -0.2) is 9.78 Å². The van der Waals surface area contributed by atoms with Gasteiger partial charge in [-0.1, -0.05) is 29.3 Å². The largest absolute Gasteiger partial charge is 0.619 e. The highest BCUT2D eigenvalue weighted by Gasteiger charge is 2.14. The summed E-state index contributed by atoms with van der Waals surface area (Å²) >= 11 is 15.6. The summed E-state index contributed by atoms with van der Waals surface area (Å²) in [6.45, 7) is 0. The summed E-state index contributed by atoms with van der Waals surface area (Å²) in [5, 5.41) is 17.5. The average molecular weight is 359 g/mol. The molecule has 2 aromatic heterocycles. The number of hydrogen-bond donors (Lipinski definition) is 0. The molecular weight excluding hydrogens is 353 g/mol. The van der Waals surface area contributed by atoms with Crippen LogP contribution in [0.4, 0.5) is 0 Å². The molecule has 0 aliphatic heterocycles. The smallest absolute Gasteiger partial charge is 0.196 e. The third-order valence-corrected chi connectivity index (χ3v) is 3.83. The van der Waals surface area contributed by atoms with Crippen LogP contribution in [0.5, 0.6) is 0 Å². The second-order valence-electron chi connectivity index (χ2n) is 3.91. The molecule has 0 radical (unpaired) electrons. The van der Waals surface area contributed by atoms with Gasteiger partial charge in [-0.05, 0) is 28.1 Å². The molecule has 7 heteroatoms. The van der Waals surface area contributed by atoms with Crippen molar-refractivity contribution < 1.29 is 4.73 Å². The van der Waals surface area contributed by atoms with Crippen LogP contribution in [0.3, 0.4) is 0 Å². The summed E-state index contributed by atoms with van der Waals surface area (Å²) in [5.74, 6) is 0. The zero-order chi connectivity index (χ0) is 13.6. The lowest BCUT2D eigenvalue weighted by Gasteiger charge is -2.05. The normalized spacial score (nSPS) is 11.1. The predicted octanol–water partition coefficient (Wildman–Crippen LogP) is 3.73. The topological polar surface area (TPSA) is 44.8 Å². The molecule has 19 heavy (non-hydrogen) atoms. The summed E-state index contributed by atoms with van der Waals surface area (Å²) in [7, 11) is 0. The molecule has 0 spiro atoms. The number of benzene rings is 1. The van der Waals surface area contributed by atoms with Gasteiger partial charge in [0.25, 0.3) is 0 Å². The minimum atomic E-state index is 0.492. The molecule has 3 aromatic rings. The van der Waals surface area contributed by atoms with Crippen molar-refractivity contribution in [3.8, 4) is 5.69 Å². The van der Waals surface area contributed by atoms with Gasteiger partial charge in [-0.3, -0.25) is 0 Å². The minimum absolute atomic E-state index is 0.492. The molecule has 0 amide bonds. The first-order chi connectivity index (χ1) is 9.06. The summed E-state index contributed by atoms with van der Waals surface area (Å²) in [6.07, 6.45) is 4.55. The number of fused-ring (bicyclic) bond motifs is 1. The molecule has 96 valence electrons. The summed E-state index contributed by atoms with van der Waals surface area (Å²) in [4.78, 5) is 0. The Morgan fingerprint density at radius 2 is 1.89 bits per heavy atom. The zero-order valence-electron chi connectivity index (χ0n) is 9.35. The Balaban J connectivity index is 2.30. The van der Waals surface area contributed by atoms with Gasteiger partial charge in [0, 0.05) is 6.20 Å². The van der Waals surface area contributed by atoms with Crippen LogP contribution >= 0.6 is 39.1 Å². The van der Waals surface area contributed by atoms with E-state index in [1.165, 1.54) is 12.4 Å². The van der Waals surface area contributed by atoms with Crippen molar-refractivity contribution in [1.82, 2.24) is 9.78 Å². The van der Waals surface area contributed by atoms with Gasteiger partial charge in [-0.2, -0.15) is 9.83 Å². The fraction of sp³-hybridized carbons (Fsp3) is 0. The van der Waals surface area contributed by atoms with Crippen LogP contribution in [-0.2, 0) is 0 Å². The van der Waals surface area contributed by atoms with E-state index in [9.17, 15) is 5.21 Å². The lowest BCUT2D eigenvalue weighted by Crippen LogP contribution is -2.24. The Labute approximate surface area is 126 Å². The second kappa shape index (κ2) is 4.67. The number of rotatable bonds is 1. The first kappa shape index (κ1) is 12.7. The van der Waals surface area contributed by atoms with Gasteiger partial charge in [0.05, 0.1) is 15.4 Å². The Kier molecular flexibility index (Phi) is 3.12. The monoisotopic (exact) mass is 357 g/mol. The van der Waals surface area contributed by atoms with Gasteiger partial charge >= 0.3 is 0 Å². The highest BCUT2D eigenvalue weighted by Crippen LogP contribution is 2.30. The maximum Gasteiger partial charge on any atom is 0.196 e. The molecule has 0 bridgehead atoms. The molecule has 2 heterocycles. The van der Waals surface area contributed by atoms with Crippen LogP contribution in [0.1, 0.15) is 0 Å². The standard InChI is InChI=1S/C12H6BrCl2N3O/c13-8-6-17(19)4-7-5-18(16-11(7)8)12-9(14)2-1-3-10(12)15/h1-6H. The van der Waals surface area contributed by atoms with Gasteiger partial charge in [0.15, 0.2) is 12.4 Å². The number of aromatic nitrogens is 3. The minimum Gasteiger partial charge on any atom is -0.619 e. The van der Waals surface area contributed by atoms with E-state index in [0.29, 0.717) is 35.8 Å². The molecule has 0 atom stereocenters. The van der Waals surface area contributed by atoms with Crippen molar-refractivity contribution in [2.45, 2.75) is 0 Å². The van der Waals surface area contributed by atoms with Crippen LogP contribution in [0.15, 0.2) is 41.3 Å². The lowest BCUT2D eigenvalue weighted by atomic mass is 10.3. The fourth-order valence-corrected chi connectivity index (χ4v) is 2.92. The highest BCUT2D eigenvalue weighted by atomic mass is 79.9. The van der Waals surface area contributed by atoms with Crippen molar-refractivity contribution in [2.24, 2.45) is 0 Å². The number of pyridine rings is 1. The molecule has 0 unspecified atom stereocenters. The van der Waals surface area contributed by atoms with Crippen molar-refractivity contribution in [1.29, 1.82) is 0 Å². The van der Waals surface area contributed by atoms with Gasteiger partial charge in [-0.25, -0.2) is 4.68 Å². The van der Waals surface area contributed by atoms with Crippen molar-refractivity contribution in [2.75, 3.05) is 0 Å². The number of halogens is 3. The van der Waals surface area contributed by atoms with Crippen molar-refractivity contribution in [3.63, 3.8) is 0 Å². The van der Waals surface area contributed by atoms with E-state index in [4.69, 9.17) is 23.2 Å². The van der Waals surface area contributed by atoms with Gasteiger partial charge in [0.2, 0.25) is 0 Å². The zero-order valence-corrected chi connectivity index (χ0v) is 12.4. The van der Waals surface area contributed by atoms with Crippen LogP contribution in [0, 0.1) is 5.21 Å². The van der Waals surface area contributed by atoms with Crippen LogP contribution in [0.25, 0.3) is 16.6 Å². The third-order valence-electron chi connectivity index (χ3n) is 2.64. The molecule has 0 N–H and O–H groups in total. The van der Waals surface area contributed by atoms with E-state index in [1.54, 1.807) is 29.1 Å². The molecule has 0 fully saturated rings. The molecule has 4 nitrogen and oxygen atoms in total. The van der Waals surface area contributed by atoms with Crippen molar-refractivity contribution >= 4 is 50.0 Å². The third kappa shape index (κ3) is 2.18. The Morgan fingerprint density at radius 1 is 1.21 bits per heavy atom. The van der Waals surface area contributed by atoms with Crippen LogP contribution in [0.2, 0.25) is 10.0 Å². The summed E-state index contributed by atoms with van der Waals surface area (Å²) in [5.41, 5.74) is 1.26. The van der Waals surface area contributed by atoms with Crippen LogP contribution < -0.4 is 4.73 Å². The maximum absolute atomic E-state index is 11.4. The molecule has 0 aliphatic rings. The van der Waals surface area contributed by atoms with Gasteiger partial charge < -0.3 is 5.21 Å². The first-order valence-electron chi connectivity index (χ1n) is 5.28. The fourth-order valence-electron chi connectivity index (χ4n) is 1.84. The highest BCUT2D eigenvalue weighted by molar-refractivity contribution is 9.10. The molecule has 0 aliphatic carbocycles. The Hall–Kier alpha value is -1.30. The molecular formula is C12H6BrCl2N3O. The van der Waals surface area contributed by atoms with Gasteiger partial charge in [-0.15, -0.1) is 0 Å². The average Bonchev–Trinajstić information content (AvgIpc) is 2.72. The van der Waals surface area contributed by atoms with E-state index in [1.807, 2.05) is 0 Å². The van der Waals surface area contributed by atoms with Gasteiger partial charge in [0.1, 0.15) is 15.7 Å². The lowest BCUT2D eigenvalue weighted by molar-refractivity contribution is -0.604. The Morgan fingerprint density at radius 3 is 2.58 bits per heavy atom. The summed E-state index contributed by atoms with van der Waals surface area (Å²) < 4.78 is 2.90. The molecule has 3 rings (SSSR count). The van der Waals surface area contributed by atoms with E-state index in [0.717, 1.165) is 0 Å². The quantitative estimate of drug-likeness (QED) is 0.491. The SMILES string of the molecule is [O-][n+]1cc(Br)c2nn(-c3c(Cl)cccc3Cl)cc2c1. The second-order valence-corrected chi connectivity index (χ2v) is 5.58. The van der Waals surface area contributed by atoms with E-state index in [-0.39, 0.29) is 0 Å². The maximum atomic E-state index is 11.4. The molecule has 0 saturated carbocycles. The predicted molar refractivity (Wildman–Crippen MR) is 77.8 cm³/mol. The molecule has 0 saturated heterocycles. The number of para-hydroxylation sites is 1. The number of nitrogens with zero attached hydrogens (tertiary/aromatic N) is 3.